The van der Waals surface area contributed by atoms with Crippen molar-refractivity contribution in [3.8, 4) is 11.5 Å². The van der Waals surface area contributed by atoms with E-state index in [2.05, 4.69) is 5.32 Å². The molecule has 36 heavy (non-hydrogen) atoms. The number of carbonyl (C=O) groups excluding carboxylic acids is 3. The fraction of sp³-hybridized carbons (Fsp3) is 0.207. The SMILES string of the molecule is COc1ccc(N2C(=O)[C@@H](NC(=O)Cc3ccccc3)[C@H]2/C=C/C(=O)C2Cc3ccccc3O2)cc1. The van der Waals surface area contributed by atoms with Gasteiger partial charge in [-0.3, -0.25) is 14.4 Å². The fourth-order valence-electron chi connectivity index (χ4n) is 4.54. The molecular formula is C29H26N2O5. The van der Waals surface area contributed by atoms with Gasteiger partial charge >= 0.3 is 0 Å². The molecule has 7 heteroatoms. The molecule has 0 spiro atoms. The van der Waals surface area contributed by atoms with Crippen LogP contribution in [0.3, 0.4) is 0 Å². The number of carbonyl (C=O) groups is 3. The highest BCUT2D eigenvalue weighted by Gasteiger charge is 2.47. The number of ketones is 1. The third-order valence-electron chi connectivity index (χ3n) is 6.44. The van der Waals surface area contributed by atoms with Gasteiger partial charge in [0.1, 0.15) is 17.5 Å². The van der Waals surface area contributed by atoms with Crippen molar-refractivity contribution < 1.29 is 23.9 Å². The maximum atomic E-state index is 13.1. The van der Waals surface area contributed by atoms with Crippen molar-refractivity contribution in [2.45, 2.75) is 31.0 Å². The van der Waals surface area contributed by atoms with Crippen molar-refractivity contribution >= 4 is 23.3 Å². The molecule has 0 saturated carbocycles. The number of anilines is 1. The van der Waals surface area contributed by atoms with Crippen LogP contribution in [0.15, 0.2) is 91.0 Å². The van der Waals surface area contributed by atoms with Gasteiger partial charge in [-0.2, -0.15) is 0 Å². The van der Waals surface area contributed by atoms with Crippen LogP contribution in [0, 0.1) is 0 Å². The lowest BCUT2D eigenvalue weighted by molar-refractivity contribution is -0.131. The van der Waals surface area contributed by atoms with Crippen LogP contribution in [-0.2, 0) is 27.2 Å². The Morgan fingerprint density at radius 2 is 1.75 bits per heavy atom. The first-order valence-corrected chi connectivity index (χ1v) is 11.8. The molecule has 1 saturated heterocycles. The van der Waals surface area contributed by atoms with Gasteiger partial charge in [-0.25, -0.2) is 0 Å². The number of rotatable bonds is 8. The zero-order valence-electron chi connectivity index (χ0n) is 19.8. The largest absolute Gasteiger partial charge is 0.497 e. The molecule has 3 atom stereocenters. The highest BCUT2D eigenvalue weighted by atomic mass is 16.5. The summed E-state index contributed by atoms with van der Waals surface area (Å²) in [6.45, 7) is 0. The van der Waals surface area contributed by atoms with E-state index in [9.17, 15) is 14.4 Å². The van der Waals surface area contributed by atoms with Gasteiger partial charge in [-0.05, 0) is 47.5 Å². The predicted molar refractivity (Wildman–Crippen MR) is 135 cm³/mol. The van der Waals surface area contributed by atoms with E-state index in [1.54, 1.807) is 42.4 Å². The Morgan fingerprint density at radius 3 is 2.47 bits per heavy atom. The number of para-hydroxylation sites is 1. The molecule has 2 amide bonds. The summed E-state index contributed by atoms with van der Waals surface area (Å²) in [5.74, 6) is 0.699. The number of ether oxygens (including phenoxy) is 2. The molecular weight excluding hydrogens is 456 g/mol. The first-order valence-electron chi connectivity index (χ1n) is 11.8. The summed E-state index contributed by atoms with van der Waals surface area (Å²) in [7, 11) is 1.57. The van der Waals surface area contributed by atoms with Crippen LogP contribution in [0.5, 0.6) is 11.5 Å². The summed E-state index contributed by atoms with van der Waals surface area (Å²) in [4.78, 5) is 40.3. The van der Waals surface area contributed by atoms with Crippen molar-refractivity contribution in [3.05, 3.63) is 102 Å². The third kappa shape index (κ3) is 4.73. The van der Waals surface area contributed by atoms with E-state index in [1.807, 2.05) is 54.6 Å². The molecule has 1 unspecified atom stereocenters. The van der Waals surface area contributed by atoms with Gasteiger partial charge in [0.15, 0.2) is 11.9 Å². The molecule has 2 aliphatic heterocycles. The zero-order valence-corrected chi connectivity index (χ0v) is 19.8. The number of methoxy groups -OCH3 is 1. The minimum absolute atomic E-state index is 0.163. The highest BCUT2D eigenvalue weighted by Crippen LogP contribution is 2.32. The molecule has 3 aromatic rings. The smallest absolute Gasteiger partial charge is 0.252 e. The Hall–Kier alpha value is -4.39. The molecule has 7 nitrogen and oxygen atoms in total. The number of β-lactam (4-membered cyclic amide) rings is 1. The van der Waals surface area contributed by atoms with E-state index in [0.29, 0.717) is 23.6 Å². The van der Waals surface area contributed by atoms with Crippen LogP contribution < -0.4 is 19.7 Å². The Balaban J connectivity index is 1.32. The monoisotopic (exact) mass is 482 g/mol. The molecule has 0 bridgehead atoms. The van der Waals surface area contributed by atoms with Crippen LogP contribution in [0.1, 0.15) is 11.1 Å². The first-order chi connectivity index (χ1) is 17.5. The molecule has 0 aliphatic carbocycles. The minimum Gasteiger partial charge on any atom is -0.497 e. The van der Waals surface area contributed by atoms with Crippen LogP contribution in [0.25, 0.3) is 0 Å². The van der Waals surface area contributed by atoms with Crippen molar-refractivity contribution in [2.24, 2.45) is 0 Å². The van der Waals surface area contributed by atoms with Crippen molar-refractivity contribution in [1.82, 2.24) is 5.32 Å². The number of nitrogens with one attached hydrogen (secondary N) is 1. The molecule has 1 fully saturated rings. The second kappa shape index (κ2) is 10.1. The lowest BCUT2D eigenvalue weighted by atomic mass is 9.92. The number of hydrogen-bond donors (Lipinski definition) is 1. The van der Waals surface area contributed by atoms with E-state index < -0.39 is 18.2 Å². The second-order valence-electron chi connectivity index (χ2n) is 8.78. The maximum absolute atomic E-state index is 13.1. The summed E-state index contributed by atoms with van der Waals surface area (Å²) < 4.78 is 11.0. The topological polar surface area (TPSA) is 84.9 Å². The summed E-state index contributed by atoms with van der Waals surface area (Å²) in [6.07, 6.45) is 3.20. The molecule has 1 N–H and O–H groups in total. The van der Waals surface area contributed by atoms with Crippen LogP contribution in [0.4, 0.5) is 5.69 Å². The average molecular weight is 483 g/mol. The van der Waals surface area contributed by atoms with Gasteiger partial charge < -0.3 is 19.7 Å². The van der Waals surface area contributed by atoms with Gasteiger partial charge in [0.2, 0.25) is 5.91 Å². The number of fused-ring (bicyclic) bond motifs is 1. The normalized spacial score (nSPS) is 20.4. The van der Waals surface area contributed by atoms with Crippen LogP contribution in [-0.4, -0.2) is 42.9 Å². The maximum Gasteiger partial charge on any atom is 0.252 e. The Morgan fingerprint density at radius 1 is 1.03 bits per heavy atom. The molecule has 2 aliphatic rings. The molecule has 5 rings (SSSR count). The highest BCUT2D eigenvalue weighted by molar-refractivity contribution is 6.08. The minimum atomic E-state index is -0.769. The number of hydrogen-bond acceptors (Lipinski definition) is 5. The van der Waals surface area contributed by atoms with Crippen molar-refractivity contribution in [3.63, 3.8) is 0 Å². The lowest BCUT2D eigenvalue weighted by Gasteiger charge is -2.45. The Kier molecular flexibility index (Phi) is 6.54. The Labute approximate surface area is 209 Å². The quantitative estimate of drug-likeness (QED) is 0.394. The second-order valence-corrected chi connectivity index (χ2v) is 8.78. The van der Waals surface area contributed by atoms with Crippen molar-refractivity contribution in [1.29, 1.82) is 0 Å². The summed E-state index contributed by atoms with van der Waals surface area (Å²) in [5, 5.41) is 2.85. The molecule has 3 aromatic carbocycles. The Bertz CT molecular complexity index is 1280. The lowest BCUT2D eigenvalue weighted by Crippen LogP contribution is -2.70. The van der Waals surface area contributed by atoms with E-state index in [4.69, 9.17) is 9.47 Å². The van der Waals surface area contributed by atoms with Gasteiger partial charge in [0, 0.05) is 12.1 Å². The third-order valence-corrected chi connectivity index (χ3v) is 6.44. The predicted octanol–water partition coefficient (Wildman–Crippen LogP) is 3.27. The number of nitrogens with zero attached hydrogens (tertiary/aromatic N) is 1. The van der Waals surface area contributed by atoms with E-state index >= 15 is 0 Å². The summed E-state index contributed by atoms with van der Waals surface area (Å²) in [6, 6.07) is 22.7. The molecule has 2 heterocycles. The first kappa shape index (κ1) is 23.4. The van der Waals surface area contributed by atoms with Gasteiger partial charge in [0.05, 0.1) is 19.6 Å². The average Bonchev–Trinajstić information content (AvgIpc) is 3.35. The van der Waals surface area contributed by atoms with Crippen LogP contribution >= 0.6 is 0 Å². The fourth-order valence-corrected chi connectivity index (χ4v) is 4.54. The van der Waals surface area contributed by atoms with E-state index in [-0.39, 0.29) is 24.0 Å². The van der Waals surface area contributed by atoms with Crippen LogP contribution in [0.2, 0.25) is 0 Å². The summed E-state index contributed by atoms with van der Waals surface area (Å²) in [5.41, 5.74) is 2.50. The van der Waals surface area contributed by atoms with Gasteiger partial charge in [-0.15, -0.1) is 0 Å². The number of amides is 2. The summed E-state index contributed by atoms with van der Waals surface area (Å²) >= 11 is 0. The van der Waals surface area contributed by atoms with Crippen molar-refractivity contribution in [2.75, 3.05) is 12.0 Å². The van der Waals surface area contributed by atoms with Gasteiger partial charge in [0.25, 0.3) is 5.91 Å². The molecule has 0 radical (unpaired) electrons. The van der Waals surface area contributed by atoms with Gasteiger partial charge in [-0.1, -0.05) is 54.6 Å². The van der Waals surface area contributed by atoms with E-state index in [0.717, 1.165) is 11.1 Å². The molecule has 0 aromatic heterocycles. The number of benzene rings is 3. The standard InChI is InChI=1S/C29H26N2O5/c1-35-22-13-11-21(12-14-22)31-23(15-16-24(32)26-18-20-9-5-6-10-25(20)36-26)28(29(31)34)30-27(33)17-19-7-3-2-4-8-19/h2-16,23,26,28H,17-18H2,1H3,(H,30,33)/b16-15+/t23-,26?,28+/m1/s1. The van der Waals surface area contributed by atoms with E-state index in [1.165, 1.54) is 6.08 Å². The zero-order chi connectivity index (χ0) is 25.1. The molecule has 182 valence electrons.